The first-order chi connectivity index (χ1) is 6.65. The van der Waals surface area contributed by atoms with Gasteiger partial charge in [0.05, 0.1) is 6.61 Å². The van der Waals surface area contributed by atoms with Gasteiger partial charge in [0, 0.05) is 19.2 Å². The van der Waals surface area contributed by atoms with Crippen LogP contribution >= 0.6 is 12.2 Å². The predicted molar refractivity (Wildman–Crippen MR) is 62.6 cm³/mol. The summed E-state index contributed by atoms with van der Waals surface area (Å²) < 4.78 is 0. The molecule has 0 aromatic heterocycles. The second-order valence-corrected chi connectivity index (χ2v) is 3.71. The summed E-state index contributed by atoms with van der Waals surface area (Å²) in [5.74, 6) is 0. The summed E-state index contributed by atoms with van der Waals surface area (Å²) in [5.41, 5.74) is 2.23. The zero-order chi connectivity index (χ0) is 10.6. The summed E-state index contributed by atoms with van der Waals surface area (Å²) in [6, 6.07) is 8.07. The number of aliphatic hydroxyl groups is 1. The highest BCUT2D eigenvalue weighted by molar-refractivity contribution is 7.80. The van der Waals surface area contributed by atoms with Crippen LogP contribution in [0.2, 0.25) is 0 Å². The van der Waals surface area contributed by atoms with Gasteiger partial charge in [-0.2, -0.15) is 0 Å². The van der Waals surface area contributed by atoms with Gasteiger partial charge in [0.2, 0.25) is 0 Å². The average Bonchev–Trinajstić information content (AvgIpc) is 2.17. The van der Waals surface area contributed by atoms with Gasteiger partial charge in [0.1, 0.15) is 4.99 Å². The number of hydrogen-bond donors (Lipinski definition) is 1. The maximum absolute atomic E-state index is 8.79. The summed E-state index contributed by atoms with van der Waals surface area (Å²) in [6.07, 6.45) is 0. The van der Waals surface area contributed by atoms with E-state index in [-0.39, 0.29) is 6.61 Å². The van der Waals surface area contributed by atoms with Crippen molar-refractivity contribution in [3.63, 3.8) is 0 Å². The minimum absolute atomic E-state index is 0.127. The molecule has 0 radical (unpaired) electrons. The molecule has 76 valence electrons. The first-order valence-corrected chi connectivity index (χ1v) is 4.99. The maximum Gasteiger partial charge on any atom is 0.109 e. The van der Waals surface area contributed by atoms with Crippen LogP contribution in [0.5, 0.6) is 0 Å². The Morgan fingerprint density at radius 2 is 2.21 bits per heavy atom. The smallest absolute Gasteiger partial charge is 0.109 e. The van der Waals surface area contributed by atoms with Gasteiger partial charge < -0.3 is 10.0 Å². The van der Waals surface area contributed by atoms with Crippen LogP contribution in [0.3, 0.4) is 0 Å². The molecule has 0 saturated carbocycles. The molecule has 0 amide bonds. The molecule has 0 spiro atoms. The van der Waals surface area contributed by atoms with Crippen LogP contribution in [0.15, 0.2) is 24.3 Å². The zero-order valence-electron chi connectivity index (χ0n) is 8.53. The molecule has 1 aromatic rings. The third-order valence-corrected chi connectivity index (χ3v) is 2.59. The quantitative estimate of drug-likeness (QED) is 0.765. The molecule has 0 aliphatic carbocycles. The molecule has 0 aliphatic heterocycles. The standard InChI is InChI=1S/C11H15NOS/c1-9-4-3-5-10(8-9)11(14)12(2)6-7-13/h3-5,8,13H,6-7H2,1-2H3. The lowest BCUT2D eigenvalue weighted by atomic mass is 10.1. The Hall–Kier alpha value is -0.930. The fourth-order valence-corrected chi connectivity index (χ4v) is 1.47. The molecule has 0 bridgehead atoms. The second-order valence-electron chi connectivity index (χ2n) is 3.32. The number of hydrogen-bond acceptors (Lipinski definition) is 2. The highest BCUT2D eigenvalue weighted by Crippen LogP contribution is 2.07. The molecule has 0 heterocycles. The van der Waals surface area contributed by atoms with Gasteiger partial charge in [0.25, 0.3) is 0 Å². The van der Waals surface area contributed by atoms with Crippen molar-refractivity contribution in [1.82, 2.24) is 4.90 Å². The fourth-order valence-electron chi connectivity index (χ4n) is 1.25. The third-order valence-electron chi connectivity index (χ3n) is 2.05. The highest BCUT2D eigenvalue weighted by Gasteiger charge is 2.05. The van der Waals surface area contributed by atoms with E-state index in [4.69, 9.17) is 17.3 Å². The van der Waals surface area contributed by atoms with Crippen molar-refractivity contribution in [2.24, 2.45) is 0 Å². The van der Waals surface area contributed by atoms with Crippen LogP contribution in [0.25, 0.3) is 0 Å². The monoisotopic (exact) mass is 209 g/mol. The van der Waals surface area contributed by atoms with E-state index in [1.165, 1.54) is 5.56 Å². The number of likely N-dealkylation sites (N-methyl/N-ethyl adjacent to an activating group) is 1. The van der Waals surface area contributed by atoms with E-state index < -0.39 is 0 Å². The number of nitrogens with zero attached hydrogens (tertiary/aromatic N) is 1. The van der Waals surface area contributed by atoms with E-state index in [1.807, 2.05) is 37.1 Å². The van der Waals surface area contributed by atoms with Crippen molar-refractivity contribution in [3.05, 3.63) is 35.4 Å². The van der Waals surface area contributed by atoms with Crippen LogP contribution in [-0.4, -0.2) is 35.2 Å². The van der Waals surface area contributed by atoms with Crippen molar-refractivity contribution in [1.29, 1.82) is 0 Å². The van der Waals surface area contributed by atoms with Crippen LogP contribution in [0, 0.1) is 6.92 Å². The topological polar surface area (TPSA) is 23.5 Å². The molecule has 14 heavy (non-hydrogen) atoms. The number of aliphatic hydroxyl groups excluding tert-OH is 1. The highest BCUT2D eigenvalue weighted by atomic mass is 32.1. The molecule has 0 fully saturated rings. The number of thiocarbonyl (C=S) groups is 1. The van der Waals surface area contributed by atoms with Crippen LogP contribution in [-0.2, 0) is 0 Å². The summed E-state index contributed by atoms with van der Waals surface area (Å²) >= 11 is 5.28. The van der Waals surface area contributed by atoms with Crippen LogP contribution in [0.4, 0.5) is 0 Å². The van der Waals surface area contributed by atoms with Gasteiger partial charge in [-0.15, -0.1) is 0 Å². The molecule has 0 unspecified atom stereocenters. The first kappa shape index (κ1) is 11.1. The summed E-state index contributed by atoms with van der Waals surface area (Å²) in [4.78, 5) is 2.66. The second kappa shape index (κ2) is 5.08. The minimum atomic E-state index is 0.127. The largest absolute Gasteiger partial charge is 0.395 e. The molecule has 2 nitrogen and oxygen atoms in total. The molecule has 1 N–H and O–H groups in total. The van der Waals surface area contributed by atoms with Crippen molar-refractivity contribution >= 4 is 17.2 Å². The lowest BCUT2D eigenvalue weighted by Gasteiger charge is -2.18. The number of rotatable bonds is 3. The average molecular weight is 209 g/mol. The van der Waals surface area contributed by atoms with E-state index in [0.29, 0.717) is 6.54 Å². The molecule has 1 aromatic carbocycles. The number of aryl methyl sites for hydroxylation is 1. The molecule has 0 atom stereocenters. The van der Waals surface area contributed by atoms with Gasteiger partial charge in [0.15, 0.2) is 0 Å². The van der Waals surface area contributed by atoms with Crippen molar-refractivity contribution in [3.8, 4) is 0 Å². The molecular formula is C11H15NOS. The fraction of sp³-hybridized carbons (Fsp3) is 0.364. The third kappa shape index (κ3) is 2.79. The Bertz CT molecular complexity index is 325. The molecule has 0 saturated heterocycles. The van der Waals surface area contributed by atoms with E-state index >= 15 is 0 Å². The van der Waals surface area contributed by atoms with Crippen molar-refractivity contribution in [2.75, 3.05) is 20.2 Å². The normalized spacial score (nSPS) is 9.93. The Kier molecular flexibility index (Phi) is 4.04. The molecular weight excluding hydrogens is 194 g/mol. The minimum Gasteiger partial charge on any atom is -0.395 e. The first-order valence-electron chi connectivity index (χ1n) is 4.58. The van der Waals surface area contributed by atoms with E-state index in [9.17, 15) is 0 Å². The maximum atomic E-state index is 8.79. The summed E-state index contributed by atoms with van der Waals surface area (Å²) in [7, 11) is 1.89. The molecule has 0 aliphatic rings. The van der Waals surface area contributed by atoms with E-state index in [0.717, 1.165) is 10.6 Å². The van der Waals surface area contributed by atoms with Gasteiger partial charge >= 0.3 is 0 Å². The lowest BCUT2D eigenvalue weighted by molar-refractivity contribution is 0.265. The Balaban J connectivity index is 2.78. The summed E-state index contributed by atoms with van der Waals surface area (Å²) in [6.45, 7) is 2.74. The Labute approximate surface area is 90.2 Å². The number of benzene rings is 1. The summed E-state index contributed by atoms with van der Waals surface area (Å²) in [5, 5.41) is 8.79. The Morgan fingerprint density at radius 3 is 2.79 bits per heavy atom. The molecule has 3 heteroatoms. The van der Waals surface area contributed by atoms with Crippen LogP contribution in [0.1, 0.15) is 11.1 Å². The zero-order valence-corrected chi connectivity index (χ0v) is 9.34. The Morgan fingerprint density at radius 1 is 1.50 bits per heavy atom. The van der Waals surface area contributed by atoms with Crippen LogP contribution < -0.4 is 0 Å². The SMILES string of the molecule is Cc1cccc(C(=S)N(C)CCO)c1. The van der Waals surface area contributed by atoms with Crippen molar-refractivity contribution < 1.29 is 5.11 Å². The predicted octanol–water partition coefficient (Wildman–Crippen LogP) is 1.59. The van der Waals surface area contributed by atoms with Crippen molar-refractivity contribution in [2.45, 2.75) is 6.92 Å². The van der Waals surface area contributed by atoms with E-state index in [1.54, 1.807) is 0 Å². The van der Waals surface area contributed by atoms with E-state index in [2.05, 4.69) is 6.07 Å². The van der Waals surface area contributed by atoms with Gasteiger partial charge in [-0.05, 0) is 13.0 Å². The van der Waals surface area contributed by atoms with Gasteiger partial charge in [-0.25, -0.2) is 0 Å². The van der Waals surface area contributed by atoms with Gasteiger partial charge in [-0.1, -0.05) is 36.0 Å². The molecule has 1 rings (SSSR count). The lowest BCUT2D eigenvalue weighted by Crippen LogP contribution is -2.28. The van der Waals surface area contributed by atoms with Gasteiger partial charge in [-0.3, -0.25) is 0 Å².